The van der Waals surface area contributed by atoms with Crippen molar-refractivity contribution in [1.82, 2.24) is 10.3 Å². The molecule has 3 rings (SSSR count). The average Bonchev–Trinajstić information content (AvgIpc) is 2.69. The first-order valence-electron chi connectivity index (χ1n) is 8.41. The third-order valence-corrected chi connectivity index (χ3v) is 4.27. The third kappa shape index (κ3) is 4.83. The lowest BCUT2D eigenvalue weighted by Gasteiger charge is -2.22. The Hall–Kier alpha value is -2.92. The van der Waals surface area contributed by atoms with Crippen molar-refractivity contribution in [2.45, 2.75) is 19.1 Å². The van der Waals surface area contributed by atoms with Gasteiger partial charge < -0.3 is 10.1 Å². The summed E-state index contributed by atoms with van der Waals surface area (Å²) in [5.74, 6) is -0.856. The maximum Gasteiger partial charge on any atom is 0.261 e. The molecule has 27 heavy (non-hydrogen) atoms. The van der Waals surface area contributed by atoms with Gasteiger partial charge in [0, 0.05) is 17.4 Å². The van der Waals surface area contributed by atoms with Gasteiger partial charge in [-0.2, -0.15) is 0 Å². The first-order chi connectivity index (χ1) is 13.0. The van der Waals surface area contributed by atoms with Crippen LogP contribution in [0.3, 0.4) is 0 Å². The topological polar surface area (TPSA) is 51.2 Å². The molecule has 0 saturated heterocycles. The number of pyridine rings is 1. The quantitative estimate of drug-likeness (QED) is 0.678. The van der Waals surface area contributed by atoms with Crippen molar-refractivity contribution in [2.75, 3.05) is 0 Å². The average molecular weight is 385 g/mol. The number of nitrogens with one attached hydrogen (secondary N) is 1. The lowest BCUT2D eigenvalue weighted by molar-refractivity contribution is -0.127. The highest BCUT2D eigenvalue weighted by Gasteiger charge is 2.22. The van der Waals surface area contributed by atoms with Crippen LogP contribution in [0.5, 0.6) is 5.75 Å². The number of aromatic nitrogens is 1. The van der Waals surface area contributed by atoms with Crippen molar-refractivity contribution in [3.8, 4) is 5.75 Å². The van der Waals surface area contributed by atoms with E-state index in [0.717, 1.165) is 11.1 Å². The van der Waals surface area contributed by atoms with Crippen LogP contribution in [0.25, 0.3) is 0 Å². The standard InChI is InChI=1S/C21H18ClFN2O2/c1-14(27-19-7-3-2-6-18(19)23)21(26)25-20(16-5-4-12-24-13-16)15-8-10-17(22)11-9-15/h2-14,20H,1H3,(H,25,26). The highest BCUT2D eigenvalue weighted by atomic mass is 35.5. The number of para-hydroxylation sites is 1. The monoisotopic (exact) mass is 384 g/mol. The molecular weight excluding hydrogens is 367 g/mol. The fourth-order valence-electron chi connectivity index (χ4n) is 2.60. The van der Waals surface area contributed by atoms with Crippen LogP contribution in [-0.2, 0) is 4.79 Å². The molecule has 0 aliphatic carbocycles. The molecule has 4 nitrogen and oxygen atoms in total. The Morgan fingerprint density at radius 3 is 2.48 bits per heavy atom. The second-order valence-electron chi connectivity index (χ2n) is 5.97. The van der Waals surface area contributed by atoms with E-state index in [1.54, 1.807) is 49.6 Å². The molecule has 2 atom stereocenters. The number of carbonyl (C=O) groups is 1. The molecular formula is C21H18ClFN2O2. The largest absolute Gasteiger partial charge is 0.478 e. The highest BCUT2D eigenvalue weighted by molar-refractivity contribution is 6.30. The first-order valence-corrected chi connectivity index (χ1v) is 8.79. The zero-order valence-corrected chi connectivity index (χ0v) is 15.4. The van der Waals surface area contributed by atoms with Crippen LogP contribution in [0.2, 0.25) is 5.02 Å². The van der Waals surface area contributed by atoms with Crippen LogP contribution in [0.15, 0.2) is 73.1 Å². The van der Waals surface area contributed by atoms with Gasteiger partial charge in [0.1, 0.15) is 0 Å². The van der Waals surface area contributed by atoms with E-state index in [9.17, 15) is 9.18 Å². The van der Waals surface area contributed by atoms with Gasteiger partial charge in [0.15, 0.2) is 17.7 Å². The minimum absolute atomic E-state index is 0.0320. The summed E-state index contributed by atoms with van der Waals surface area (Å²) in [5.41, 5.74) is 1.66. The van der Waals surface area contributed by atoms with Crippen LogP contribution < -0.4 is 10.1 Å². The number of hydrogen-bond acceptors (Lipinski definition) is 3. The second-order valence-corrected chi connectivity index (χ2v) is 6.41. The summed E-state index contributed by atoms with van der Waals surface area (Å²) in [7, 11) is 0. The summed E-state index contributed by atoms with van der Waals surface area (Å²) in [6.45, 7) is 1.57. The van der Waals surface area contributed by atoms with E-state index < -0.39 is 18.0 Å². The number of amides is 1. The van der Waals surface area contributed by atoms with Gasteiger partial charge in [-0.05, 0) is 48.4 Å². The second kappa shape index (κ2) is 8.64. The molecule has 1 amide bonds. The van der Waals surface area contributed by atoms with E-state index >= 15 is 0 Å². The molecule has 6 heteroatoms. The Morgan fingerprint density at radius 2 is 1.81 bits per heavy atom. The van der Waals surface area contributed by atoms with Crippen molar-refractivity contribution in [2.24, 2.45) is 0 Å². The fourth-order valence-corrected chi connectivity index (χ4v) is 2.73. The lowest BCUT2D eigenvalue weighted by Crippen LogP contribution is -2.39. The molecule has 2 aromatic carbocycles. The summed E-state index contributed by atoms with van der Waals surface area (Å²) < 4.78 is 19.2. The first kappa shape index (κ1) is 18.9. The SMILES string of the molecule is CC(Oc1ccccc1F)C(=O)NC(c1ccc(Cl)cc1)c1cccnc1. The molecule has 0 bridgehead atoms. The van der Waals surface area contributed by atoms with E-state index in [2.05, 4.69) is 10.3 Å². The van der Waals surface area contributed by atoms with Crippen molar-refractivity contribution in [1.29, 1.82) is 0 Å². The minimum Gasteiger partial charge on any atom is -0.478 e. The summed E-state index contributed by atoms with van der Waals surface area (Å²) >= 11 is 5.97. The summed E-state index contributed by atoms with van der Waals surface area (Å²) in [6.07, 6.45) is 2.46. The van der Waals surface area contributed by atoms with Crippen molar-refractivity contribution >= 4 is 17.5 Å². The highest BCUT2D eigenvalue weighted by Crippen LogP contribution is 2.24. The van der Waals surface area contributed by atoms with Gasteiger partial charge in [0.05, 0.1) is 6.04 Å². The molecule has 2 unspecified atom stereocenters. The molecule has 0 radical (unpaired) electrons. The molecule has 1 aromatic heterocycles. The molecule has 1 heterocycles. The zero-order valence-electron chi connectivity index (χ0n) is 14.6. The van der Waals surface area contributed by atoms with E-state index in [1.165, 1.54) is 12.1 Å². The van der Waals surface area contributed by atoms with Crippen molar-refractivity contribution in [3.63, 3.8) is 0 Å². The molecule has 0 spiro atoms. The predicted molar refractivity (Wildman–Crippen MR) is 102 cm³/mol. The fraction of sp³-hybridized carbons (Fsp3) is 0.143. The van der Waals surface area contributed by atoms with Gasteiger partial charge in [-0.15, -0.1) is 0 Å². The van der Waals surface area contributed by atoms with Crippen molar-refractivity contribution in [3.05, 3.63) is 95.0 Å². The van der Waals surface area contributed by atoms with Gasteiger partial charge in [-0.1, -0.05) is 41.9 Å². The summed E-state index contributed by atoms with van der Waals surface area (Å²) in [4.78, 5) is 16.8. The number of hydrogen-bond donors (Lipinski definition) is 1. The number of ether oxygens (including phenoxy) is 1. The zero-order chi connectivity index (χ0) is 19.2. The normalized spacial score (nSPS) is 12.9. The summed E-state index contributed by atoms with van der Waals surface area (Å²) in [5, 5.41) is 3.54. The number of carbonyl (C=O) groups excluding carboxylic acids is 1. The van der Waals surface area contributed by atoms with Gasteiger partial charge >= 0.3 is 0 Å². The molecule has 0 aliphatic heterocycles. The van der Waals surface area contributed by atoms with E-state index in [1.807, 2.05) is 18.2 Å². The van der Waals surface area contributed by atoms with Gasteiger partial charge in [0.25, 0.3) is 5.91 Å². The van der Waals surface area contributed by atoms with Crippen LogP contribution in [-0.4, -0.2) is 17.0 Å². The van der Waals surface area contributed by atoms with E-state index in [-0.39, 0.29) is 11.7 Å². The molecule has 1 N–H and O–H groups in total. The van der Waals surface area contributed by atoms with Crippen LogP contribution in [0.4, 0.5) is 4.39 Å². The predicted octanol–water partition coefficient (Wildman–Crippen LogP) is 4.55. The molecule has 138 valence electrons. The third-order valence-electron chi connectivity index (χ3n) is 4.02. The van der Waals surface area contributed by atoms with Crippen molar-refractivity contribution < 1.29 is 13.9 Å². The maximum absolute atomic E-state index is 13.8. The van der Waals surface area contributed by atoms with Crippen LogP contribution in [0.1, 0.15) is 24.1 Å². The lowest BCUT2D eigenvalue weighted by atomic mass is 10.00. The molecule has 3 aromatic rings. The molecule has 0 saturated carbocycles. The van der Waals surface area contributed by atoms with Gasteiger partial charge in [-0.25, -0.2) is 4.39 Å². The Labute approximate surface area is 162 Å². The number of nitrogens with zero attached hydrogens (tertiary/aromatic N) is 1. The smallest absolute Gasteiger partial charge is 0.261 e. The van der Waals surface area contributed by atoms with Crippen LogP contribution >= 0.6 is 11.6 Å². The number of benzene rings is 2. The Kier molecular flexibility index (Phi) is 6.04. The van der Waals surface area contributed by atoms with Gasteiger partial charge in [-0.3, -0.25) is 9.78 Å². The van der Waals surface area contributed by atoms with Crippen LogP contribution in [0, 0.1) is 5.82 Å². The minimum atomic E-state index is -0.881. The molecule has 0 aliphatic rings. The van der Waals surface area contributed by atoms with E-state index in [0.29, 0.717) is 5.02 Å². The number of halogens is 2. The summed E-state index contributed by atoms with van der Waals surface area (Å²) in [6, 6.07) is 16.4. The molecule has 0 fully saturated rings. The Morgan fingerprint density at radius 1 is 1.07 bits per heavy atom. The van der Waals surface area contributed by atoms with Gasteiger partial charge in [0.2, 0.25) is 0 Å². The van der Waals surface area contributed by atoms with E-state index in [4.69, 9.17) is 16.3 Å². The maximum atomic E-state index is 13.8. The Bertz CT molecular complexity index is 904. The Balaban J connectivity index is 1.80. The number of rotatable bonds is 6.